The third-order valence-electron chi connectivity index (χ3n) is 4.30. The standard InChI is InChI=1S/C20H23N.ClH/c1-2-3-4-13-19(21)20-17-11-7-5-9-15(17)14-16-10-6-8-12-18(16)20;/h5-12,14,19H,2-4,13,21H2,1H3;1H/t19-;/m0./s1. The number of hydrogen-bond acceptors (Lipinski definition) is 1. The van der Waals surface area contributed by atoms with E-state index in [1.54, 1.807) is 0 Å². The Hall–Kier alpha value is -1.57. The van der Waals surface area contributed by atoms with Crippen molar-refractivity contribution < 1.29 is 0 Å². The predicted octanol–water partition coefficient (Wildman–Crippen LogP) is 5.99. The van der Waals surface area contributed by atoms with Crippen molar-refractivity contribution in [2.45, 2.75) is 38.6 Å². The summed E-state index contributed by atoms with van der Waals surface area (Å²) in [5, 5.41) is 5.19. The third-order valence-corrected chi connectivity index (χ3v) is 4.30. The van der Waals surface area contributed by atoms with Crippen LogP contribution in [-0.2, 0) is 0 Å². The van der Waals surface area contributed by atoms with E-state index in [4.69, 9.17) is 5.73 Å². The number of nitrogens with two attached hydrogens (primary N) is 1. The minimum Gasteiger partial charge on any atom is -0.324 e. The summed E-state index contributed by atoms with van der Waals surface area (Å²) >= 11 is 0. The molecule has 0 saturated carbocycles. The van der Waals surface area contributed by atoms with E-state index in [9.17, 15) is 0 Å². The van der Waals surface area contributed by atoms with Crippen molar-refractivity contribution >= 4 is 34.0 Å². The summed E-state index contributed by atoms with van der Waals surface area (Å²) in [4.78, 5) is 0. The fourth-order valence-corrected chi connectivity index (χ4v) is 3.21. The van der Waals surface area contributed by atoms with E-state index in [1.165, 1.54) is 46.4 Å². The quantitative estimate of drug-likeness (QED) is 0.454. The summed E-state index contributed by atoms with van der Waals surface area (Å²) in [5.74, 6) is 0. The summed E-state index contributed by atoms with van der Waals surface area (Å²) in [5.41, 5.74) is 7.89. The second-order valence-electron chi connectivity index (χ2n) is 5.83. The topological polar surface area (TPSA) is 26.0 Å². The lowest BCUT2D eigenvalue weighted by atomic mass is 9.90. The first-order chi connectivity index (χ1) is 10.3. The van der Waals surface area contributed by atoms with Crippen LogP contribution in [0.15, 0.2) is 54.6 Å². The molecular formula is C20H24ClN. The molecule has 0 bridgehead atoms. The van der Waals surface area contributed by atoms with E-state index in [-0.39, 0.29) is 18.4 Å². The van der Waals surface area contributed by atoms with Gasteiger partial charge in [-0.3, -0.25) is 0 Å². The minimum atomic E-state index is 0. The van der Waals surface area contributed by atoms with Crippen LogP contribution in [0.2, 0.25) is 0 Å². The number of benzene rings is 3. The molecule has 22 heavy (non-hydrogen) atoms. The Morgan fingerprint density at radius 2 is 1.41 bits per heavy atom. The normalized spacial score (nSPS) is 12.3. The predicted molar refractivity (Wildman–Crippen MR) is 99.8 cm³/mol. The van der Waals surface area contributed by atoms with Crippen LogP contribution in [-0.4, -0.2) is 0 Å². The molecule has 0 saturated heterocycles. The zero-order valence-corrected chi connectivity index (χ0v) is 13.9. The van der Waals surface area contributed by atoms with Crippen molar-refractivity contribution in [2.75, 3.05) is 0 Å². The molecular weight excluding hydrogens is 290 g/mol. The van der Waals surface area contributed by atoms with Crippen molar-refractivity contribution in [3.63, 3.8) is 0 Å². The average molecular weight is 314 g/mol. The van der Waals surface area contributed by atoms with Gasteiger partial charge >= 0.3 is 0 Å². The summed E-state index contributed by atoms with van der Waals surface area (Å²) in [6.45, 7) is 2.23. The highest BCUT2D eigenvalue weighted by Gasteiger charge is 2.13. The van der Waals surface area contributed by atoms with Gasteiger partial charge in [0.2, 0.25) is 0 Å². The molecule has 0 aliphatic rings. The third kappa shape index (κ3) is 3.26. The second kappa shape index (κ2) is 7.62. The molecule has 3 rings (SSSR count). The number of halogens is 1. The summed E-state index contributed by atoms with van der Waals surface area (Å²) in [7, 11) is 0. The van der Waals surface area contributed by atoms with Crippen LogP contribution in [0.1, 0.15) is 44.2 Å². The van der Waals surface area contributed by atoms with E-state index >= 15 is 0 Å². The van der Waals surface area contributed by atoms with E-state index < -0.39 is 0 Å². The molecule has 1 nitrogen and oxygen atoms in total. The van der Waals surface area contributed by atoms with Gasteiger partial charge in [0.05, 0.1) is 0 Å². The molecule has 0 spiro atoms. The van der Waals surface area contributed by atoms with Gasteiger partial charge < -0.3 is 5.73 Å². The lowest BCUT2D eigenvalue weighted by molar-refractivity contribution is 0.586. The minimum absolute atomic E-state index is 0. The van der Waals surface area contributed by atoms with Gasteiger partial charge in [-0.1, -0.05) is 74.7 Å². The average Bonchev–Trinajstić information content (AvgIpc) is 2.52. The van der Waals surface area contributed by atoms with E-state index in [0.717, 1.165) is 6.42 Å². The van der Waals surface area contributed by atoms with Gasteiger partial charge in [-0.15, -0.1) is 12.4 Å². The Morgan fingerprint density at radius 1 is 0.864 bits per heavy atom. The van der Waals surface area contributed by atoms with Crippen LogP contribution in [0.3, 0.4) is 0 Å². The number of fused-ring (bicyclic) bond motifs is 2. The molecule has 2 N–H and O–H groups in total. The molecule has 0 heterocycles. The molecule has 0 fully saturated rings. The lowest BCUT2D eigenvalue weighted by Crippen LogP contribution is -2.11. The fraction of sp³-hybridized carbons (Fsp3) is 0.300. The highest BCUT2D eigenvalue weighted by molar-refractivity contribution is 6.02. The lowest BCUT2D eigenvalue weighted by Gasteiger charge is -2.18. The molecule has 0 aromatic heterocycles. The molecule has 2 heteroatoms. The van der Waals surface area contributed by atoms with Gasteiger partial charge in [0, 0.05) is 6.04 Å². The Bertz CT molecular complexity index is 697. The second-order valence-corrected chi connectivity index (χ2v) is 5.83. The fourth-order valence-electron chi connectivity index (χ4n) is 3.21. The maximum atomic E-state index is 6.57. The largest absolute Gasteiger partial charge is 0.324 e. The van der Waals surface area contributed by atoms with Crippen LogP contribution < -0.4 is 5.73 Å². The van der Waals surface area contributed by atoms with Gasteiger partial charge in [-0.2, -0.15) is 0 Å². The smallest absolute Gasteiger partial charge is 0.0307 e. The Labute approximate surface area is 138 Å². The maximum Gasteiger partial charge on any atom is 0.0307 e. The maximum absolute atomic E-state index is 6.57. The van der Waals surface area contributed by atoms with Gasteiger partial charge in [0.1, 0.15) is 0 Å². The van der Waals surface area contributed by atoms with Crippen LogP contribution in [0.4, 0.5) is 0 Å². The monoisotopic (exact) mass is 313 g/mol. The molecule has 0 unspecified atom stereocenters. The molecule has 3 aromatic rings. The Morgan fingerprint density at radius 3 is 1.95 bits per heavy atom. The summed E-state index contributed by atoms with van der Waals surface area (Å²) in [6, 6.07) is 19.6. The molecule has 1 atom stereocenters. The number of rotatable bonds is 5. The van der Waals surface area contributed by atoms with E-state index in [1.807, 2.05) is 0 Å². The number of unbranched alkanes of at least 4 members (excludes halogenated alkanes) is 2. The van der Waals surface area contributed by atoms with E-state index in [2.05, 4.69) is 61.5 Å². The summed E-state index contributed by atoms with van der Waals surface area (Å²) < 4.78 is 0. The molecule has 0 aliphatic carbocycles. The first kappa shape index (κ1) is 16.8. The van der Waals surface area contributed by atoms with Crippen molar-refractivity contribution in [1.29, 1.82) is 0 Å². The first-order valence-corrected chi connectivity index (χ1v) is 7.97. The van der Waals surface area contributed by atoms with Gasteiger partial charge in [0.25, 0.3) is 0 Å². The highest BCUT2D eigenvalue weighted by Crippen LogP contribution is 2.33. The zero-order chi connectivity index (χ0) is 14.7. The van der Waals surface area contributed by atoms with Crippen LogP contribution in [0.5, 0.6) is 0 Å². The molecule has 3 aromatic carbocycles. The molecule has 116 valence electrons. The zero-order valence-electron chi connectivity index (χ0n) is 13.1. The summed E-state index contributed by atoms with van der Waals surface area (Å²) in [6.07, 6.45) is 4.76. The number of hydrogen-bond donors (Lipinski definition) is 1. The van der Waals surface area contributed by atoms with Gasteiger partial charge in [0.15, 0.2) is 0 Å². The first-order valence-electron chi connectivity index (χ1n) is 7.97. The Kier molecular flexibility index (Phi) is 5.82. The van der Waals surface area contributed by atoms with Crippen molar-refractivity contribution in [2.24, 2.45) is 5.73 Å². The van der Waals surface area contributed by atoms with Crippen molar-refractivity contribution in [1.82, 2.24) is 0 Å². The van der Waals surface area contributed by atoms with E-state index in [0.29, 0.717) is 0 Å². The Balaban J connectivity index is 0.00000176. The van der Waals surface area contributed by atoms with Crippen LogP contribution in [0.25, 0.3) is 21.5 Å². The van der Waals surface area contributed by atoms with Crippen molar-refractivity contribution in [3.05, 3.63) is 60.2 Å². The van der Waals surface area contributed by atoms with Gasteiger partial charge in [-0.05, 0) is 39.6 Å². The van der Waals surface area contributed by atoms with Gasteiger partial charge in [-0.25, -0.2) is 0 Å². The molecule has 0 radical (unpaired) electrons. The molecule has 0 amide bonds. The van der Waals surface area contributed by atoms with Crippen LogP contribution >= 0.6 is 12.4 Å². The SMILES string of the molecule is CCCCC[C@H](N)c1c2ccccc2cc2ccccc12.Cl. The van der Waals surface area contributed by atoms with Crippen LogP contribution in [0, 0.1) is 0 Å². The molecule has 0 aliphatic heterocycles. The highest BCUT2D eigenvalue weighted by atomic mass is 35.5. The van der Waals surface area contributed by atoms with Crippen molar-refractivity contribution in [3.8, 4) is 0 Å².